The van der Waals surface area contributed by atoms with Gasteiger partial charge < -0.3 is 5.11 Å². The summed E-state index contributed by atoms with van der Waals surface area (Å²) in [6.45, 7) is 0. The fraction of sp³-hybridized carbons (Fsp3) is 0. The van der Waals surface area contributed by atoms with Crippen molar-refractivity contribution in [3.05, 3.63) is 63.2 Å². The molecule has 0 saturated carbocycles. The van der Waals surface area contributed by atoms with E-state index in [1.54, 1.807) is 0 Å². The number of nitro benzene ring substituents is 1. The predicted octanol–water partition coefficient (Wildman–Crippen LogP) is 2.27. The van der Waals surface area contributed by atoms with Crippen LogP contribution in [0.15, 0.2) is 52.5 Å². The van der Waals surface area contributed by atoms with Crippen LogP contribution in [0.25, 0.3) is 0 Å². The Balaban J connectivity index is 2.17. The molecule has 2 aromatic carbocycles. The van der Waals surface area contributed by atoms with Crippen molar-refractivity contribution in [2.75, 3.05) is 0 Å². The van der Waals surface area contributed by atoms with Crippen molar-refractivity contribution in [1.29, 1.82) is 0 Å². The molecule has 0 amide bonds. The summed E-state index contributed by atoms with van der Waals surface area (Å²) < 4.78 is 23.9. The maximum Gasteiger partial charge on any atom is 0.311 e. The average molecular weight is 356 g/mol. The minimum absolute atomic E-state index is 0.0317. The van der Waals surface area contributed by atoms with E-state index in [0.717, 1.165) is 18.3 Å². The number of nitrogens with zero attached hydrogens (tertiary/aromatic N) is 2. The van der Waals surface area contributed by atoms with Crippen LogP contribution in [0.3, 0.4) is 0 Å². The van der Waals surface area contributed by atoms with Gasteiger partial charge in [-0.25, -0.2) is 4.83 Å². The quantitative estimate of drug-likeness (QED) is 0.484. The summed E-state index contributed by atoms with van der Waals surface area (Å²) in [4.78, 5) is 11.9. The maximum absolute atomic E-state index is 11.9. The molecule has 120 valence electrons. The lowest BCUT2D eigenvalue weighted by molar-refractivity contribution is -0.385. The summed E-state index contributed by atoms with van der Waals surface area (Å²) in [5.41, 5.74) is -0.261. The van der Waals surface area contributed by atoms with E-state index in [1.807, 2.05) is 4.83 Å². The molecular weight excluding hydrogens is 346 g/mol. The highest BCUT2D eigenvalue weighted by Gasteiger charge is 2.14. The van der Waals surface area contributed by atoms with Gasteiger partial charge in [-0.1, -0.05) is 11.6 Å². The first-order chi connectivity index (χ1) is 10.8. The topological polar surface area (TPSA) is 122 Å². The average Bonchev–Trinajstić information content (AvgIpc) is 2.49. The van der Waals surface area contributed by atoms with Gasteiger partial charge in [0.05, 0.1) is 16.0 Å². The van der Waals surface area contributed by atoms with Crippen molar-refractivity contribution in [1.82, 2.24) is 4.83 Å². The summed E-state index contributed by atoms with van der Waals surface area (Å²) in [6, 6.07) is 8.99. The molecule has 2 rings (SSSR count). The standard InChI is InChI=1S/C13H10ClN3O5S/c14-10-2-4-11(5-3-10)23(21,22)16-15-8-9-1-6-13(18)12(7-9)17(19)20/h1-8,16,18H/b15-8+. The van der Waals surface area contributed by atoms with Gasteiger partial charge in [0.2, 0.25) is 0 Å². The first kappa shape index (κ1) is 16.7. The van der Waals surface area contributed by atoms with E-state index in [0.29, 0.717) is 5.02 Å². The third kappa shape index (κ3) is 4.18. The molecule has 0 fully saturated rings. The van der Waals surface area contributed by atoms with Gasteiger partial charge >= 0.3 is 5.69 Å². The van der Waals surface area contributed by atoms with Gasteiger partial charge in [-0.15, -0.1) is 0 Å². The Bertz CT molecular complexity index is 866. The minimum Gasteiger partial charge on any atom is -0.502 e. The fourth-order valence-corrected chi connectivity index (χ4v) is 2.52. The van der Waals surface area contributed by atoms with E-state index in [1.165, 1.54) is 30.3 Å². The van der Waals surface area contributed by atoms with Crippen molar-refractivity contribution in [3.63, 3.8) is 0 Å². The Morgan fingerprint density at radius 3 is 2.48 bits per heavy atom. The highest BCUT2D eigenvalue weighted by atomic mass is 35.5. The number of sulfonamides is 1. The highest BCUT2D eigenvalue weighted by Crippen LogP contribution is 2.25. The van der Waals surface area contributed by atoms with Gasteiger partial charge in [0, 0.05) is 16.7 Å². The highest BCUT2D eigenvalue weighted by molar-refractivity contribution is 7.89. The lowest BCUT2D eigenvalue weighted by atomic mass is 10.2. The second-order valence-corrected chi connectivity index (χ2v) is 6.41. The van der Waals surface area contributed by atoms with E-state index in [4.69, 9.17) is 11.6 Å². The first-order valence-corrected chi connectivity index (χ1v) is 7.93. The summed E-state index contributed by atoms with van der Waals surface area (Å²) in [7, 11) is -3.87. The van der Waals surface area contributed by atoms with E-state index >= 15 is 0 Å². The van der Waals surface area contributed by atoms with Crippen molar-refractivity contribution in [2.45, 2.75) is 4.90 Å². The molecule has 0 aliphatic carbocycles. The number of hydrazone groups is 1. The number of hydrogen-bond donors (Lipinski definition) is 2. The van der Waals surface area contributed by atoms with Crippen LogP contribution >= 0.6 is 11.6 Å². The van der Waals surface area contributed by atoms with Gasteiger partial charge in [-0.3, -0.25) is 10.1 Å². The van der Waals surface area contributed by atoms with Crippen molar-refractivity contribution >= 4 is 33.5 Å². The normalized spacial score (nSPS) is 11.5. The second-order valence-electron chi connectivity index (χ2n) is 4.31. The molecule has 0 aromatic heterocycles. The van der Waals surface area contributed by atoms with Gasteiger partial charge in [0.15, 0.2) is 5.75 Å². The Labute approximate surface area is 136 Å². The third-order valence-electron chi connectivity index (χ3n) is 2.71. The van der Waals surface area contributed by atoms with Gasteiger partial charge in [0.25, 0.3) is 10.0 Å². The van der Waals surface area contributed by atoms with Crippen molar-refractivity contribution < 1.29 is 18.4 Å². The van der Waals surface area contributed by atoms with Crippen LogP contribution in [0.5, 0.6) is 5.75 Å². The number of phenolic OH excluding ortho intramolecular Hbond substituents is 1. The number of nitro groups is 1. The summed E-state index contributed by atoms with van der Waals surface area (Å²) in [5, 5.41) is 24.0. The first-order valence-electron chi connectivity index (χ1n) is 6.07. The number of phenols is 1. The Morgan fingerprint density at radius 2 is 1.87 bits per heavy atom. The minimum atomic E-state index is -3.87. The molecule has 0 aliphatic rings. The Morgan fingerprint density at radius 1 is 1.22 bits per heavy atom. The molecule has 0 saturated heterocycles. The largest absolute Gasteiger partial charge is 0.502 e. The third-order valence-corrected chi connectivity index (χ3v) is 4.20. The summed E-state index contributed by atoms with van der Waals surface area (Å²) in [5.74, 6) is -0.492. The van der Waals surface area contributed by atoms with Crippen LogP contribution < -0.4 is 4.83 Å². The van der Waals surface area contributed by atoms with Gasteiger partial charge in [-0.2, -0.15) is 13.5 Å². The van der Waals surface area contributed by atoms with Crippen molar-refractivity contribution in [2.24, 2.45) is 5.10 Å². The summed E-state index contributed by atoms with van der Waals surface area (Å²) in [6.07, 6.45) is 1.08. The lowest BCUT2D eigenvalue weighted by Crippen LogP contribution is -2.18. The lowest BCUT2D eigenvalue weighted by Gasteiger charge is -2.03. The number of halogens is 1. The number of benzene rings is 2. The number of aromatic hydroxyl groups is 1. The molecule has 0 aliphatic heterocycles. The number of hydrogen-bond acceptors (Lipinski definition) is 6. The molecule has 2 aromatic rings. The van der Waals surface area contributed by atoms with Gasteiger partial charge in [-0.05, 0) is 36.4 Å². The Kier molecular flexibility index (Phi) is 4.82. The van der Waals surface area contributed by atoms with E-state index in [9.17, 15) is 23.6 Å². The van der Waals surface area contributed by atoms with Crippen molar-refractivity contribution in [3.8, 4) is 5.75 Å². The van der Waals surface area contributed by atoms with Crippen LogP contribution in [0, 0.1) is 10.1 Å². The zero-order valence-electron chi connectivity index (χ0n) is 11.4. The maximum atomic E-state index is 11.9. The molecule has 8 nitrogen and oxygen atoms in total. The van der Waals surface area contributed by atoms with Crippen LogP contribution in [-0.2, 0) is 10.0 Å². The van der Waals surface area contributed by atoms with Crippen LogP contribution in [-0.4, -0.2) is 24.7 Å². The van der Waals surface area contributed by atoms with E-state index in [2.05, 4.69) is 5.10 Å². The molecule has 0 spiro atoms. The molecule has 0 unspecified atom stereocenters. The molecular formula is C13H10ClN3O5S. The molecule has 0 bridgehead atoms. The monoisotopic (exact) mass is 355 g/mol. The fourth-order valence-electron chi connectivity index (χ4n) is 1.60. The zero-order valence-corrected chi connectivity index (χ0v) is 13.0. The predicted molar refractivity (Wildman–Crippen MR) is 84.1 cm³/mol. The van der Waals surface area contributed by atoms with Crippen LogP contribution in [0.2, 0.25) is 5.02 Å². The SMILES string of the molecule is O=[N+]([O-])c1cc(/C=N/NS(=O)(=O)c2ccc(Cl)cc2)ccc1O. The molecule has 0 heterocycles. The van der Waals surface area contributed by atoms with E-state index in [-0.39, 0.29) is 10.5 Å². The van der Waals surface area contributed by atoms with Crippen LogP contribution in [0.1, 0.15) is 5.56 Å². The number of nitrogens with one attached hydrogen (secondary N) is 1. The summed E-state index contributed by atoms with van der Waals surface area (Å²) >= 11 is 5.68. The smallest absolute Gasteiger partial charge is 0.311 e. The molecule has 0 radical (unpaired) electrons. The van der Waals surface area contributed by atoms with Gasteiger partial charge in [0.1, 0.15) is 0 Å². The Hall–Kier alpha value is -2.65. The second kappa shape index (κ2) is 6.63. The molecule has 10 heteroatoms. The van der Waals surface area contributed by atoms with Crippen LogP contribution in [0.4, 0.5) is 5.69 Å². The van der Waals surface area contributed by atoms with E-state index < -0.39 is 26.4 Å². The molecule has 2 N–H and O–H groups in total. The molecule has 23 heavy (non-hydrogen) atoms. The molecule has 0 atom stereocenters. The zero-order chi connectivity index (χ0) is 17.0. The number of rotatable bonds is 5.